The summed E-state index contributed by atoms with van der Waals surface area (Å²) in [6.45, 7) is 1.91. The van der Waals surface area contributed by atoms with Crippen molar-refractivity contribution < 1.29 is 4.42 Å². The molecule has 4 heteroatoms. The lowest BCUT2D eigenvalue weighted by atomic mass is 10.1. The third-order valence-corrected chi connectivity index (χ3v) is 3.75. The molecule has 0 fully saturated rings. The van der Waals surface area contributed by atoms with Gasteiger partial charge in [-0.3, -0.25) is 0 Å². The van der Waals surface area contributed by atoms with Crippen LogP contribution in [0, 0.1) is 6.92 Å². The van der Waals surface area contributed by atoms with Crippen LogP contribution in [0.15, 0.2) is 34.7 Å². The summed E-state index contributed by atoms with van der Waals surface area (Å²) in [7, 11) is 0. The van der Waals surface area contributed by atoms with Gasteiger partial charge in [-0.2, -0.15) is 0 Å². The van der Waals surface area contributed by atoms with Crippen molar-refractivity contribution in [2.45, 2.75) is 11.8 Å². The van der Waals surface area contributed by atoms with Gasteiger partial charge in [-0.15, -0.1) is 0 Å². The molecule has 1 nitrogen and oxygen atoms in total. The van der Waals surface area contributed by atoms with Gasteiger partial charge >= 0.3 is 0 Å². The molecule has 1 atom stereocenters. The zero-order valence-electron chi connectivity index (χ0n) is 8.51. The first-order chi connectivity index (χ1) is 7.58. The lowest BCUT2D eigenvalue weighted by molar-refractivity contribution is 0.492. The van der Waals surface area contributed by atoms with Crippen LogP contribution in [0.25, 0.3) is 0 Å². The van der Waals surface area contributed by atoms with Crippen molar-refractivity contribution in [3.63, 3.8) is 0 Å². The van der Waals surface area contributed by atoms with Gasteiger partial charge in [-0.05, 0) is 36.8 Å². The summed E-state index contributed by atoms with van der Waals surface area (Å²) in [5, 5.41) is 1.26. The van der Waals surface area contributed by atoms with Crippen LogP contribution < -0.4 is 0 Å². The molecule has 0 aliphatic carbocycles. The number of halogens is 3. The van der Waals surface area contributed by atoms with Gasteiger partial charge in [0, 0.05) is 10.0 Å². The maximum Gasteiger partial charge on any atom is 0.122 e. The fourth-order valence-corrected chi connectivity index (χ4v) is 2.74. The first kappa shape index (κ1) is 12.0. The average molecular weight is 320 g/mol. The van der Waals surface area contributed by atoms with Crippen molar-refractivity contribution in [1.82, 2.24) is 0 Å². The van der Waals surface area contributed by atoms with Crippen LogP contribution >= 0.6 is 39.1 Å². The Hall–Kier alpha value is -0.440. The molecule has 1 unspecified atom stereocenters. The fourth-order valence-electron chi connectivity index (χ4n) is 1.45. The Balaban J connectivity index is 2.37. The van der Waals surface area contributed by atoms with Gasteiger partial charge < -0.3 is 4.42 Å². The van der Waals surface area contributed by atoms with Crippen LogP contribution in [0.4, 0.5) is 0 Å². The third-order valence-electron chi connectivity index (χ3n) is 2.25. The standard InChI is InChI=1S/C12H9BrCl2O/c1-7-2-5-11(16-7)12(13)9-4-3-8(14)6-10(9)15/h2-6,12H,1H3. The van der Waals surface area contributed by atoms with E-state index in [1.807, 2.05) is 31.2 Å². The first-order valence-electron chi connectivity index (χ1n) is 4.73. The molecule has 16 heavy (non-hydrogen) atoms. The van der Waals surface area contributed by atoms with Crippen molar-refractivity contribution in [3.8, 4) is 0 Å². The molecule has 84 valence electrons. The van der Waals surface area contributed by atoms with Crippen LogP contribution in [0.1, 0.15) is 21.9 Å². The Morgan fingerprint density at radius 1 is 1.19 bits per heavy atom. The van der Waals surface area contributed by atoms with Crippen LogP contribution in [0.3, 0.4) is 0 Å². The van der Waals surface area contributed by atoms with E-state index in [0.29, 0.717) is 10.0 Å². The number of rotatable bonds is 2. The van der Waals surface area contributed by atoms with E-state index in [2.05, 4.69) is 15.9 Å². The largest absolute Gasteiger partial charge is 0.465 e. The Kier molecular flexibility index (Phi) is 3.63. The van der Waals surface area contributed by atoms with Gasteiger partial charge in [0.25, 0.3) is 0 Å². The van der Waals surface area contributed by atoms with Crippen molar-refractivity contribution in [3.05, 3.63) is 57.5 Å². The maximum absolute atomic E-state index is 6.12. The molecule has 0 saturated heterocycles. The Labute approximate surface area is 112 Å². The fraction of sp³-hybridized carbons (Fsp3) is 0.167. The lowest BCUT2D eigenvalue weighted by Crippen LogP contribution is -1.91. The summed E-state index contributed by atoms with van der Waals surface area (Å²) in [6, 6.07) is 9.28. The lowest BCUT2D eigenvalue weighted by Gasteiger charge is -2.09. The number of alkyl halides is 1. The normalized spacial score (nSPS) is 12.8. The minimum absolute atomic E-state index is 0.0500. The van der Waals surface area contributed by atoms with E-state index in [0.717, 1.165) is 17.1 Å². The van der Waals surface area contributed by atoms with Crippen LogP contribution in [0.2, 0.25) is 10.0 Å². The number of benzene rings is 1. The van der Waals surface area contributed by atoms with E-state index in [1.165, 1.54) is 0 Å². The highest BCUT2D eigenvalue weighted by molar-refractivity contribution is 9.09. The molecule has 0 N–H and O–H groups in total. The van der Waals surface area contributed by atoms with Crippen LogP contribution in [-0.2, 0) is 0 Å². The van der Waals surface area contributed by atoms with Gasteiger partial charge in [0.05, 0.1) is 4.83 Å². The average Bonchev–Trinajstić information content (AvgIpc) is 2.64. The second-order valence-corrected chi connectivity index (χ2v) is 5.24. The Morgan fingerprint density at radius 2 is 1.94 bits per heavy atom. The van der Waals surface area contributed by atoms with Crippen molar-refractivity contribution >= 4 is 39.1 Å². The molecule has 0 radical (unpaired) electrons. The van der Waals surface area contributed by atoms with Crippen molar-refractivity contribution in [1.29, 1.82) is 0 Å². The molecule has 0 bridgehead atoms. The predicted octanol–water partition coefficient (Wildman–Crippen LogP) is 5.38. The summed E-state index contributed by atoms with van der Waals surface area (Å²) >= 11 is 15.5. The van der Waals surface area contributed by atoms with Gasteiger partial charge in [-0.1, -0.05) is 45.2 Å². The highest BCUT2D eigenvalue weighted by Crippen LogP contribution is 2.36. The summed E-state index contributed by atoms with van der Waals surface area (Å²) in [6.07, 6.45) is 0. The Bertz CT molecular complexity index is 507. The number of hydrogen-bond acceptors (Lipinski definition) is 1. The summed E-state index contributed by atoms with van der Waals surface area (Å²) in [4.78, 5) is -0.0500. The van der Waals surface area contributed by atoms with Crippen molar-refractivity contribution in [2.24, 2.45) is 0 Å². The molecular weight excluding hydrogens is 311 g/mol. The second kappa shape index (κ2) is 4.82. The topological polar surface area (TPSA) is 13.1 Å². The van der Waals surface area contributed by atoms with Gasteiger partial charge in [-0.25, -0.2) is 0 Å². The molecule has 1 aromatic heterocycles. The summed E-state index contributed by atoms with van der Waals surface area (Å²) < 4.78 is 5.55. The molecule has 0 saturated carbocycles. The highest BCUT2D eigenvalue weighted by Gasteiger charge is 2.16. The van der Waals surface area contributed by atoms with Gasteiger partial charge in [0.15, 0.2) is 0 Å². The zero-order chi connectivity index (χ0) is 11.7. The molecule has 2 aromatic rings. The zero-order valence-corrected chi connectivity index (χ0v) is 11.6. The van der Waals surface area contributed by atoms with Crippen molar-refractivity contribution in [2.75, 3.05) is 0 Å². The SMILES string of the molecule is Cc1ccc(C(Br)c2ccc(Cl)cc2Cl)o1. The third kappa shape index (κ3) is 2.45. The number of hydrogen-bond donors (Lipinski definition) is 0. The van der Waals surface area contributed by atoms with E-state index in [4.69, 9.17) is 27.6 Å². The van der Waals surface area contributed by atoms with E-state index in [-0.39, 0.29) is 4.83 Å². The molecule has 1 heterocycles. The summed E-state index contributed by atoms with van der Waals surface area (Å²) in [5.41, 5.74) is 0.945. The molecule has 0 aliphatic heterocycles. The summed E-state index contributed by atoms with van der Waals surface area (Å²) in [5.74, 6) is 1.71. The first-order valence-corrected chi connectivity index (χ1v) is 6.40. The number of furan rings is 1. The quantitative estimate of drug-likeness (QED) is 0.677. The molecule has 1 aromatic carbocycles. The predicted molar refractivity (Wildman–Crippen MR) is 70.7 cm³/mol. The van der Waals surface area contributed by atoms with Crippen LogP contribution in [-0.4, -0.2) is 0 Å². The van der Waals surface area contributed by atoms with E-state index < -0.39 is 0 Å². The molecule has 0 aliphatic rings. The van der Waals surface area contributed by atoms with Crippen LogP contribution in [0.5, 0.6) is 0 Å². The van der Waals surface area contributed by atoms with E-state index >= 15 is 0 Å². The molecule has 2 rings (SSSR count). The maximum atomic E-state index is 6.12. The van der Waals surface area contributed by atoms with Gasteiger partial charge in [0.1, 0.15) is 11.5 Å². The minimum Gasteiger partial charge on any atom is -0.465 e. The Morgan fingerprint density at radius 3 is 2.50 bits per heavy atom. The monoisotopic (exact) mass is 318 g/mol. The second-order valence-electron chi connectivity index (χ2n) is 3.48. The van der Waals surface area contributed by atoms with E-state index in [9.17, 15) is 0 Å². The molecule has 0 amide bonds. The molecule has 0 spiro atoms. The smallest absolute Gasteiger partial charge is 0.122 e. The van der Waals surface area contributed by atoms with E-state index in [1.54, 1.807) is 6.07 Å². The minimum atomic E-state index is -0.0500. The number of aryl methyl sites for hydroxylation is 1. The van der Waals surface area contributed by atoms with Gasteiger partial charge in [0.2, 0.25) is 0 Å². The highest BCUT2D eigenvalue weighted by atomic mass is 79.9. The molecular formula is C12H9BrCl2O.